The zero-order valence-electron chi connectivity index (χ0n) is 13.9. The fraction of sp³-hybridized carbons (Fsp3) is 0.333. The van der Waals surface area contributed by atoms with Gasteiger partial charge in [0.25, 0.3) is 0 Å². The van der Waals surface area contributed by atoms with E-state index in [1.54, 1.807) is 18.4 Å². The first kappa shape index (κ1) is 16.6. The molecule has 1 aromatic carbocycles. The summed E-state index contributed by atoms with van der Waals surface area (Å²) < 4.78 is 5.26. The van der Waals surface area contributed by atoms with Crippen molar-refractivity contribution in [3.8, 4) is 16.9 Å². The number of thiophene rings is 1. The van der Waals surface area contributed by atoms with Crippen molar-refractivity contribution in [3.63, 3.8) is 0 Å². The van der Waals surface area contributed by atoms with Crippen molar-refractivity contribution < 1.29 is 4.74 Å². The minimum atomic E-state index is 0.284. The molecule has 0 spiro atoms. The average molecular weight is 375 g/mol. The Morgan fingerprint density at radius 1 is 1.20 bits per heavy atom. The van der Waals surface area contributed by atoms with Crippen LogP contribution >= 0.6 is 22.9 Å². The Morgan fingerprint density at radius 3 is 2.68 bits per heavy atom. The first-order valence-corrected chi connectivity index (χ1v) is 9.57. The van der Waals surface area contributed by atoms with E-state index >= 15 is 0 Å². The quantitative estimate of drug-likeness (QED) is 0.671. The maximum atomic E-state index is 6.15. The molecule has 130 valence electrons. The number of anilines is 1. The van der Waals surface area contributed by atoms with E-state index in [2.05, 4.69) is 38.1 Å². The number of nitrogens with zero attached hydrogens (tertiary/aromatic N) is 2. The molecule has 5 nitrogen and oxygen atoms in total. The third kappa shape index (κ3) is 3.42. The highest BCUT2D eigenvalue weighted by Crippen LogP contribution is 2.38. The minimum Gasteiger partial charge on any atom is -0.497 e. The lowest BCUT2D eigenvalue weighted by atomic mass is 10.0. The fourth-order valence-corrected chi connectivity index (χ4v) is 4.33. The van der Waals surface area contributed by atoms with Crippen molar-refractivity contribution in [3.05, 3.63) is 34.9 Å². The summed E-state index contributed by atoms with van der Waals surface area (Å²) in [5, 5.41) is 10.4. The van der Waals surface area contributed by atoms with E-state index in [4.69, 9.17) is 16.3 Å². The van der Waals surface area contributed by atoms with Crippen LogP contribution in [0.4, 0.5) is 5.82 Å². The van der Waals surface area contributed by atoms with Crippen LogP contribution in [0.15, 0.2) is 29.6 Å². The molecule has 7 heteroatoms. The van der Waals surface area contributed by atoms with Crippen LogP contribution in [-0.2, 0) is 0 Å². The molecule has 2 aromatic heterocycles. The van der Waals surface area contributed by atoms with Gasteiger partial charge in [0.1, 0.15) is 16.4 Å². The molecule has 0 bridgehead atoms. The van der Waals surface area contributed by atoms with E-state index in [-0.39, 0.29) is 5.28 Å². The van der Waals surface area contributed by atoms with Gasteiger partial charge in [-0.05, 0) is 55.2 Å². The summed E-state index contributed by atoms with van der Waals surface area (Å²) in [6.45, 7) is 2.04. The van der Waals surface area contributed by atoms with Crippen LogP contribution in [0.1, 0.15) is 12.8 Å². The number of aromatic nitrogens is 2. The van der Waals surface area contributed by atoms with Gasteiger partial charge in [-0.2, -0.15) is 0 Å². The molecule has 1 aliphatic rings. The number of benzene rings is 1. The molecule has 0 saturated carbocycles. The molecule has 0 amide bonds. The monoisotopic (exact) mass is 374 g/mol. The SMILES string of the molecule is COc1ccc(-c2csc3nc(Cl)nc(NC4CCNCC4)c23)cc1. The predicted molar refractivity (Wildman–Crippen MR) is 104 cm³/mol. The molecule has 0 aliphatic carbocycles. The zero-order chi connectivity index (χ0) is 17.2. The van der Waals surface area contributed by atoms with Gasteiger partial charge in [-0.1, -0.05) is 12.1 Å². The van der Waals surface area contributed by atoms with Gasteiger partial charge >= 0.3 is 0 Å². The van der Waals surface area contributed by atoms with E-state index in [0.717, 1.165) is 58.8 Å². The predicted octanol–water partition coefficient (Wildman–Crippen LogP) is 4.18. The van der Waals surface area contributed by atoms with E-state index in [9.17, 15) is 0 Å². The lowest BCUT2D eigenvalue weighted by Crippen LogP contribution is -2.35. The van der Waals surface area contributed by atoms with Crippen LogP contribution in [0.25, 0.3) is 21.3 Å². The van der Waals surface area contributed by atoms with Crippen molar-refractivity contribution in [2.45, 2.75) is 18.9 Å². The molecular weight excluding hydrogens is 356 g/mol. The molecule has 0 atom stereocenters. The number of methoxy groups -OCH3 is 1. The number of ether oxygens (including phenoxy) is 1. The largest absolute Gasteiger partial charge is 0.497 e. The third-order valence-corrected chi connectivity index (χ3v) is 5.53. The van der Waals surface area contributed by atoms with Crippen LogP contribution < -0.4 is 15.4 Å². The van der Waals surface area contributed by atoms with Gasteiger partial charge in [-0.3, -0.25) is 0 Å². The smallest absolute Gasteiger partial charge is 0.225 e. The van der Waals surface area contributed by atoms with Gasteiger partial charge in [0.15, 0.2) is 0 Å². The van der Waals surface area contributed by atoms with Crippen molar-refractivity contribution in [2.75, 3.05) is 25.5 Å². The first-order valence-electron chi connectivity index (χ1n) is 8.31. The molecule has 3 heterocycles. The van der Waals surface area contributed by atoms with Crippen LogP contribution in [0, 0.1) is 0 Å². The van der Waals surface area contributed by atoms with Crippen molar-refractivity contribution in [1.29, 1.82) is 0 Å². The summed E-state index contributed by atoms with van der Waals surface area (Å²) in [6, 6.07) is 8.45. The number of hydrogen-bond donors (Lipinski definition) is 2. The summed E-state index contributed by atoms with van der Waals surface area (Å²) >= 11 is 7.74. The molecule has 3 aromatic rings. The van der Waals surface area contributed by atoms with Gasteiger partial charge in [-0.15, -0.1) is 11.3 Å². The molecule has 0 radical (unpaired) electrons. The lowest BCUT2D eigenvalue weighted by Gasteiger charge is -2.24. The van der Waals surface area contributed by atoms with Crippen LogP contribution in [-0.4, -0.2) is 36.2 Å². The zero-order valence-corrected chi connectivity index (χ0v) is 15.5. The Bertz CT molecular complexity index is 875. The molecule has 1 fully saturated rings. The summed E-state index contributed by atoms with van der Waals surface area (Å²) in [7, 11) is 1.67. The van der Waals surface area contributed by atoms with Gasteiger partial charge in [-0.25, -0.2) is 9.97 Å². The highest BCUT2D eigenvalue weighted by atomic mass is 35.5. The number of hydrogen-bond acceptors (Lipinski definition) is 6. The van der Waals surface area contributed by atoms with Gasteiger partial charge in [0.2, 0.25) is 5.28 Å². The summed E-state index contributed by atoms with van der Waals surface area (Å²) in [5.41, 5.74) is 2.24. The molecule has 2 N–H and O–H groups in total. The Hall–Kier alpha value is -1.89. The number of fused-ring (bicyclic) bond motifs is 1. The van der Waals surface area contributed by atoms with E-state index < -0.39 is 0 Å². The topological polar surface area (TPSA) is 59.1 Å². The van der Waals surface area contributed by atoms with Crippen LogP contribution in [0.5, 0.6) is 5.75 Å². The Labute approximate surface area is 155 Å². The van der Waals surface area contributed by atoms with Crippen molar-refractivity contribution in [1.82, 2.24) is 15.3 Å². The fourth-order valence-electron chi connectivity index (χ4n) is 3.16. The van der Waals surface area contributed by atoms with Crippen LogP contribution in [0.2, 0.25) is 5.28 Å². The molecule has 0 unspecified atom stereocenters. The summed E-state index contributed by atoms with van der Waals surface area (Å²) in [4.78, 5) is 9.80. The Kier molecular flexibility index (Phi) is 4.74. The second-order valence-corrected chi connectivity index (χ2v) is 7.26. The second-order valence-electron chi connectivity index (χ2n) is 6.07. The molecule has 4 rings (SSSR count). The standard InChI is InChI=1S/C18H19ClN4OS/c1-24-13-4-2-11(3-5-13)14-10-25-17-15(14)16(22-18(19)23-17)21-12-6-8-20-9-7-12/h2-5,10,12,20H,6-9H2,1H3,(H,21,22,23). The van der Waals surface area contributed by atoms with E-state index in [1.165, 1.54) is 0 Å². The van der Waals surface area contributed by atoms with E-state index in [1.807, 2.05) is 12.1 Å². The second kappa shape index (κ2) is 7.15. The number of halogens is 1. The number of piperidine rings is 1. The maximum Gasteiger partial charge on any atom is 0.225 e. The third-order valence-electron chi connectivity index (χ3n) is 4.49. The average Bonchev–Trinajstić information content (AvgIpc) is 3.06. The van der Waals surface area contributed by atoms with Gasteiger partial charge in [0.05, 0.1) is 12.5 Å². The Balaban J connectivity index is 1.76. The summed E-state index contributed by atoms with van der Waals surface area (Å²) in [5.74, 6) is 1.67. The van der Waals surface area contributed by atoms with Crippen molar-refractivity contribution >= 4 is 39.0 Å². The highest BCUT2D eigenvalue weighted by molar-refractivity contribution is 7.17. The first-order chi connectivity index (χ1) is 12.2. The summed E-state index contributed by atoms with van der Waals surface area (Å²) in [6.07, 6.45) is 2.15. The minimum absolute atomic E-state index is 0.284. The normalized spacial score (nSPS) is 15.4. The Morgan fingerprint density at radius 2 is 1.96 bits per heavy atom. The van der Waals surface area contributed by atoms with Gasteiger partial charge in [0, 0.05) is 17.0 Å². The lowest BCUT2D eigenvalue weighted by molar-refractivity contribution is 0.415. The molecule has 1 saturated heterocycles. The highest BCUT2D eigenvalue weighted by Gasteiger charge is 2.19. The number of rotatable bonds is 4. The number of nitrogens with one attached hydrogen (secondary N) is 2. The molecular formula is C18H19ClN4OS. The van der Waals surface area contributed by atoms with Crippen LogP contribution in [0.3, 0.4) is 0 Å². The van der Waals surface area contributed by atoms with Gasteiger partial charge < -0.3 is 15.4 Å². The molecule has 25 heavy (non-hydrogen) atoms. The molecule has 1 aliphatic heterocycles. The maximum absolute atomic E-state index is 6.15. The van der Waals surface area contributed by atoms with E-state index in [0.29, 0.717) is 6.04 Å². The van der Waals surface area contributed by atoms with Crippen molar-refractivity contribution in [2.24, 2.45) is 0 Å².